The van der Waals surface area contributed by atoms with Gasteiger partial charge in [0.2, 0.25) is 0 Å². The van der Waals surface area contributed by atoms with Crippen molar-refractivity contribution in [1.82, 2.24) is 0 Å². The van der Waals surface area contributed by atoms with E-state index < -0.39 is 0 Å². The Morgan fingerprint density at radius 1 is 1.30 bits per heavy atom. The first kappa shape index (κ1) is 9.74. The van der Waals surface area contributed by atoms with Crippen molar-refractivity contribution in [2.24, 2.45) is 11.8 Å². The van der Waals surface area contributed by atoms with Crippen LogP contribution in [-0.4, -0.2) is 0 Å². The Kier molecular flexibility index (Phi) is 5.38. The van der Waals surface area contributed by atoms with E-state index in [1.165, 1.54) is 12.8 Å². The molecular weight excluding hydrogens is 120 g/mol. The zero-order valence-electron chi connectivity index (χ0n) is 7.72. The molecule has 0 nitrogen and oxygen atoms in total. The lowest BCUT2D eigenvalue weighted by Crippen LogP contribution is -2.04. The molecule has 0 saturated carbocycles. The average molecular weight is 140 g/mol. The zero-order valence-corrected chi connectivity index (χ0v) is 7.72. The Morgan fingerprint density at radius 2 is 1.90 bits per heavy atom. The molecule has 0 aromatic heterocycles. The van der Waals surface area contributed by atoms with Gasteiger partial charge in [-0.2, -0.15) is 0 Å². The molecule has 0 fully saturated rings. The highest BCUT2D eigenvalue weighted by Gasteiger charge is 2.06. The molecule has 60 valence electrons. The maximum atomic E-state index is 2.33. The van der Waals surface area contributed by atoms with E-state index in [9.17, 15) is 0 Å². The summed E-state index contributed by atoms with van der Waals surface area (Å²) >= 11 is 0. The van der Waals surface area contributed by atoms with Gasteiger partial charge in [-0.1, -0.05) is 39.3 Å². The molecule has 0 radical (unpaired) electrons. The minimum Gasteiger partial charge on any atom is -0.0914 e. The van der Waals surface area contributed by atoms with Crippen LogP contribution in [0.2, 0.25) is 0 Å². The van der Waals surface area contributed by atoms with E-state index in [4.69, 9.17) is 0 Å². The quantitative estimate of drug-likeness (QED) is 0.523. The number of hydrogen-bond acceptors (Lipinski definition) is 0. The van der Waals surface area contributed by atoms with E-state index in [0.717, 1.165) is 11.8 Å². The van der Waals surface area contributed by atoms with Crippen LogP contribution in [0.5, 0.6) is 0 Å². The fourth-order valence-electron chi connectivity index (χ4n) is 1.23. The van der Waals surface area contributed by atoms with Gasteiger partial charge < -0.3 is 0 Å². The molecule has 0 unspecified atom stereocenters. The summed E-state index contributed by atoms with van der Waals surface area (Å²) in [4.78, 5) is 0. The average Bonchev–Trinajstić information content (AvgIpc) is 1.87. The van der Waals surface area contributed by atoms with Gasteiger partial charge in [0.15, 0.2) is 0 Å². The van der Waals surface area contributed by atoms with Crippen LogP contribution in [0.3, 0.4) is 0 Å². The Morgan fingerprint density at radius 3 is 2.20 bits per heavy atom. The molecule has 1 atom stereocenters. The third kappa shape index (κ3) is 3.71. The number of allylic oxidation sites excluding steroid dienone is 2. The SMILES string of the molecule is C/C=C/[C@H](CCC)C(C)C. The summed E-state index contributed by atoms with van der Waals surface area (Å²) in [6.45, 7) is 8.94. The summed E-state index contributed by atoms with van der Waals surface area (Å²) in [5.41, 5.74) is 0. The van der Waals surface area contributed by atoms with Crippen LogP contribution in [-0.2, 0) is 0 Å². The molecule has 0 aliphatic heterocycles. The normalized spacial score (nSPS) is 14.9. The molecule has 0 amide bonds. The molecular formula is C10H20. The molecule has 0 saturated heterocycles. The molecule has 0 heteroatoms. The highest BCUT2D eigenvalue weighted by molar-refractivity contribution is 4.86. The van der Waals surface area contributed by atoms with Crippen molar-refractivity contribution in [2.75, 3.05) is 0 Å². The minimum atomic E-state index is 0.801. The summed E-state index contributed by atoms with van der Waals surface area (Å²) in [6.07, 6.45) is 7.13. The van der Waals surface area contributed by atoms with Gasteiger partial charge in [0.25, 0.3) is 0 Å². The smallest absolute Gasteiger partial charge is 0.0211 e. The molecule has 0 aliphatic carbocycles. The molecule has 0 aliphatic rings. The van der Waals surface area contributed by atoms with Crippen LogP contribution in [0.15, 0.2) is 12.2 Å². The van der Waals surface area contributed by atoms with Crippen molar-refractivity contribution < 1.29 is 0 Å². The van der Waals surface area contributed by atoms with Gasteiger partial charge in [-0.25, -0.2) is 0 Å². The molecule has 0 heterocycles. The van der Waals surface area contributed by atoms with Gasteiger partial charge in [0.05, 0.1) is 0 Å². The molecule has 0 bridgehead atoms. The van der Waals surface area contributed by atoms with E-state index >= 15 is 0 Å². The first-order chi connectivity index (χ1) is 4.72. The topological polar surface area (TPSA) is 0 Å². The third-order valence-corrected chi connectivity index (χ3v) is 1.92. The van der Waals surface area contributed by atoms with Crippen LogP contribution in [0, 0.1) is 11.8 Å². The second-order valence-corrected chi connectivity index (χ2v) is 3.22. The Balaban J connectivity index is 3.72. The third-order valence-electron chi connectivity index (χ3n) is 1.92. The van der Waals surface area contributed by atoms with E-state index in [0.29, 0.717) is 0 Å². The first-order valence-corrected chi connectivity index (χ1v) is 4.35. The van der Waals surface area contributed by atoms with Gasteiger partial charge in [0, 0.05) is 0 Å². The Bertz CT molecular complexity index is 90.2. The van der Waals surface area contributed by atoms with Crippen LogP contribution < -0.4 is 0 Å². The minimum absolute atomic E-state index is 0.801. The van der Waals surface area contributed by atoms with E-state index in [2.05, 4.69) is 39.8 Å². The van der Waals surface area contributed by atoms with Gasteiger partial charge in [0.1, 0.15) is 0 Å². The lowest BCUT2D eigenvalue weighted by atomic mass is 9.91. The summed E-state index contributed by atoms with van der Waals surface area (Å²) < 4.78 is 0. The fourth-order valence-corrected chi connectivity index (χ4v) is 1.23. The highest BCUT2D eigenvalue weighted by atomic mass is 14.1. The van der Waals surface area contributed by atoms with Gasteiger partial charge >= 0.3 is 0 Å². The predicted octanol–water partition coefficient (Wildman–Crippen LogP) is 3.63. The molecule has 0 aromatic rings. The summed E-state index contributed by atoms with van der Waals surface area (Å²) in [7, 11) is 0. The molecule has 10 heavy (non-hydrogen) atoms. The van der Waals surface area contributed by atoms with Crippen LogP contribution in [0.4, 0.5) is 0 Å². The van der Waals surface area contributed by atoms with E-state index in [1.54, 1.807) is 0 Å². The monoisotopic (exact) mass is 140 g/mol. The lowest BCUT2D eigenvalue weighted by molar-refractivity contribution is 0.432. The molecule has 0 aromatic carbocycles. The second kappa shape index (κ2) is 5.52. The van der Waals surface area contributed by atoms with Crippen molar-refractivity contribution in [2.45, 2.75) is 40.5 Å². The van der Waals surface area contributed by atoms with E-state index in [1.807, 2.05) is 0 Å². The van der Waals surface area contributed by atoms with Crippen molar-refractivity contribution in [3.05, 3.63) is 12.2 Å². The molecule has 0 rings (SSSR count). The van der Waals surface area contributed by atoms with Gasteiger partial charge in [-0.05, 0) is 25.2 Å². The van der Waals surface area contributed by atoms with Crippen LogP contribution >= 0.6 is 0 Å². The lowest BCUT2D eigenvalue weighted by Gasteiger charge is -2.14. The van der Waals surface area contributed by atoms with Crippen molar-refractivity contribution >= 4 is 0 Å². The fraction of sp³-hybridized carbons (Fsp3) is 0.800. The highest BCUT2D eigenvalue weighted by Crippen LogP contribution is 2.17. The van der Waals surface area contributed by atoms with Crippen LogP contribution in [0.25, 0.3) is 0 Å². The first-order valence-electron chi connectivity index (χ1n) is 4.35. The van der Waals surface area contributed by atoms with Gasteiger partial charge in [-0.3, -0.25) is 0 Å². The number of rotatable bonds is 4. The van der Waals surface area contributed by atoms with Crippen LogP contribution in [0.1, 0.15) is 40.5 Å². The predicted molar refractivity (Wildman–Crippen MR) is 48.1 cm³/mol. The zero-order chi connectivity index (χ0) is 7.98. The summed E-state index contributed by atoms with van der Waals surface area (Å²) in [5.74, 6) is 1.60. The maximum absolute atomic E-state index is 2.33. The summed E-state index contributed by atoms with van der Waals surface area (Å²) in [5, 5.41) is 0. The van der Waals surface area contributed by atoms with Crippen molar-refractivity contribution in [3.63, 3.8) is 0 Å². The Hall–Kier alpha value is -0.260. The van der Waals surface area contributed by atoms with Crippen molar-refractivity contribution in [3.8, 4) is 0 Å². The van der Waals surface area contributed by atoms with Gasteiger partial charge in [-0.15, -0.1) is 0 Å². The molecule has 0 N–H and O–H groups in total. The van der Waals surface area contributed by atoms with E-state index in [-0.39, 0.29) is 0 Å². The van der Waals surface area contributed by atoms with Crippen molar-refractivity contribution in [1.29, 1.82) is 0 Å². The number of hydrogen-bond donors (Lipinski definition) is 0. The Labute approximate surface area is 65.3 Å². The molecule has 0 spiro atoms. The largest absolute Gasteiger partial charge is 0.0914 e. The summed E-state index contributed by atoms with van der Waals surface area (Å²) in [6, 6.07) is 0. The second-order valence-electron chi connectivity index (χ2n) is 3.22. The standard InChI is InChI=1S/C10H20/c1-5-7-10(8-6-2)9(3)4/h5,7,9-10H,6,8H2,1-4H3/b7-5+/t10-/m1/s1. The maximum Gasteiger partial charge on any atom is -0.0211 e.